The Morgan fingerprint density at radius 1 is 0.630 bits per heavy atom. The Bertz CT molecular complexity index is 564. The Balaban J connectivity index is 2.20. The van der Waals surface area contributed by atoms with Crippen molar-refractivity contribution in [3.63, 3.8) is 0 Å². The summed E-state index contributed by atoms with van der Waals surface area (Å²) in [5.41, 5.74) is 0. The molecule has 0 spiro atoms. The lowest BCUT2D eigenvalue weighted by Gasteiger charge is -2.31. The Morgan fingerprint density at radius 3 is 1.74 bits per heavy atom. The summed E-state index contributed by atoms with van der Waals surface area (Å²) in [4.78, 5) is 0. The minimum atomic E-state index is -2.75. The summed E-state index contributed by atoms with van der Waals surface area (Å²) in [5.74, 6) is 0. The first-order chi connectivity index (χ1) is 13.3. The second kappa shape index (κ2) is 12.8. The molecule has 2 aromatic rings. The molecule has 0 aromatic heterocycles. The quantitative estimate of drug-likeness (QED) is 0.358. The first-order valence-corrected chi connectivity index (χ1v) is 12.1. The molecule has 0 radical (unpaired) electrons. The standard InChI is InChI=1S/C23H34O3Si/c1-3-5-6-7-14-19-25-27(26-21-20-24-4-2,22-15-10-8-11-16-22)23-17-12-9-13-18-23/h8-13,15-18H,3-7,14,19-21H2,1-2H3. The van der Waals surface area contributed by atoms with E-state index in [1.165, 1.54) is 25.7 Å². The summed E-state index contributed by atoms with van der Waals surface area (Å²) in [6.07, 6.45) is 6.11. The molecule has 0 bridgehead atoms. The van der Waals surface area contributed by atoms with Crippen LogP contribution in [0.4, 0.5) is 0 Å². The van der Waals surface area contributed by atoms with Crippen molar-refractivity contribution in [3.05, 3.63) is 60.7 Å². The molecule has 27 heavy (non-hydrogen) atoms. The zero-order valence-corrected chi connectivity index (χ0v) is 17.9. The zero-order chi connectivity index (χ0) is 19.2. The molecule has 0 saturated carbocycles. The maximum atomic E-state index is 6.62. The van der Waals surface area contributed by atoms with Gasteiger partial charge in [-0.2, -0.15) is 0 Å². The van der Waals surface area contributed by atoms with Crippen molar-refractivity contribution in [2.24, 2.45) is 0 Å². The average Bonchev–Trinajstić information content (AvgIpc) is 2.73. The number of hydrogen-bond donors (Lipinski definition) is 0. The summed E-state index contributed by atoms with van der Waals surface area (Å²) >= 11 is 0. The topological polar surface area (TPSA) is 27.7 Å². The Kier molecular flexibility index (Phi) is 10.4. The molecule has 0 aliphatic carbocycles. The lowest BCUT2D eigenvalue weighted by atomic mass is 10.2. The van der Waals surface area contributed by atoms with Gasteiger partial charge in [0.05, 0.1) is 13.2 Å². The van der Waals surface area contributed by atoms with Gasteiger partial charge in [0.15, 0.2) is 0 Å². The highest BCUT2D eigenvalue weighted by Gasteiger charge is 2.42. The van der Waals surface area contributed by atoms with E-state index >= 15 is 0 Å². The summed E-state index contributed by atoms with van der Waals surface area (Å²) in [5, 5.41) is 2.31. The molecular formula is C23H34O3Si. The van der Waals surface area contributed by atoms with Gasteiger partial charge in [-0.3, -0.25) is 0 Å². The van der Waals surface area contributed by atoms with Gasteiger partial charge in [-0.05, 0) is 23.7 Å². The molecule has 0 aliphatic rings. The molecule has 0 saturated heterocycles. The highest BCUT2D eigenvalue weighted by Crippen LogP contribution is 2.12. The number of rotatable bonds is 14. The molecule has 2 rings (SSSR count). The molecule has 0 unspecified atom stereocenters. The van der Waals surface area contributed by atoms with Crippen molar-refractivity contribution in [2.45, 2.75) is 46.0 Å². The maximum absolute atomic E-state index is 6.62. The average molecular weight is 387 g/mol. The van der Waals surface area contributed by atoms with E-state index in [9.17, 15) is 0 Å². The second-order valence-corrected chi connectivity index (χ2v) is 9.62. The number of unbranched alkanes of at least 4 members (excludes halogenated alkanes) is 4. The molecule has 0 N–H and O–H groups in total. The summed E-state index contributed by atoms with van der Waals surface area (Å²) in [6, 6.07) is 20.9. The third-order valence-corrected chi connectivity index (χ3v) is 8.01. The highest BCUT2D eigenvalue weighted by molar-refractivity contribution is 6.92. The van der Waals surface area contributed by atoms with Crippen molar-refractivity contribution >= 4 is 18.9 Å². The number of hydrogen-bond acceptors (Lipinski definition) is 3. The van der Waals surface area contributed by atoms with Gasteiger partial charge in [-0.1, -0.05) is 93.3 Å². The van der Waals surface area contributed by atoms with Crippen LogP contribution in [0.15, 0.2) is 60.7 Å². The molecule has 148 valence electrons. The first kappa shape index (κ1) is 21.8. The van der Waals surface area contributed by atoms with E-state index in [0.29, 0.717) is 19.8 Å². The van der Waals surface area contributed by atoms with Crippen LogP contribution in [0.25, 0.3) is 0 Å². The lowest BCUT2D eigenvalue weighted by molar-refractivity contribution is 0.0918. The predicted molar refractivity (Wildman–Crippen MR) is 115 cm³/mol. The molecule has 2 aromatic carbocycles. The molecule has 0 heterocycles. The predicted octanol–water partition coefficient (Wildman–Crippen LogP) is 4.28. The third kappa shape index (κ3) is 6.89. The van der Waals surface area contributed by atoms with E-state index in [4.69, 9.17) is 13.6 Å². The largest absolute Gasteiger partial charge is 0.407 e. The number of ether oxygens (including phenoxy) is 1. The van der Waals surface area contributed by atoms with Gasteiger partial charge in [-0.15, -0.1) is 0 Å². The van der Waals surface area contributed by atoms with Gasteiger partial charge < -0.3 is 13.6 Å². The summed E-state index contributed by atoms with van der Waals surface area (Å²) in [7, 11) is -2.75. The molecule has 0 aliphatic heterocycles. The van der Waals surface area contributed by atoms with E-state index in [2.05, 4.69) is 55.5 Å². The van der Waals surface area contributed by atoms with Crippen LogP contribution in [0.1, 0.15) is 46.0 Å². The van der Waals surface area contributed by atoms with E-state index in [0.717, 1.165) is 23.4 Å². The van der Waals surface area contributed by atoms with Crippen LogP contribution >= 0.6 is 0 Å². The molecular weight excluding hydrogens is 352 g/mol. The van der Waals surface area contributed by atoms with E-state index in [1.807, 2.05) is 19.1 Å². The molecule has 0 atom stereocenters. The van der Waals surface area contributed by atoms with Crippen LogP contribution in [0.2, 0.25) is 0 Å². The van der Waals surface area contributed by atoms with Crippen LogP contribution in [-0.2, 0) is 13.6 Å². The minimum absolute atomic E-state index is 0.541. The fraction of sp³-hybridized carbons (Fsp3) is 0.478. The number of benzene rings is 2. The second-order valence-electron chi connectivity index (χ2n) is 6.66. The van der Waals surface area contributed by atoms with Gasteiger partial charge in [0.2, 0.25) is 0 Å². The monoisotopic (exact) mass is 386 g/mol. The van der Waals surface area contributed by atoms with Crippen LogP contribution in [0.3, 0.4) is 0 Å². The Morgan fingerprint density at radius 2 is 1.19 bits per heavy atom. The van der Waals surface area contributed by atoms with Crippen LogP contribution in [0, 0.1) is 0 Å². The van der Waals surface area contributed by atoms with E-state index in [-0.39, 0.29) is 0 Å². The molecule has 3 nitrogen and oxygen atoms in total. The molecule has 4 heteroatoms. The summed E-state index contributed by atoms with van der Waals surface area (Å²) < 4.78 is 18.7. The SMILES string of the molecule is CCCCCCCO[Si](OCCOCC)(c1ccccc1)c1ccccc1. The van der Waals surface area contributed by atoms with Crippen LogP contribution in [-0.4, -0.2) is 35.0 Å². The normalized spacial score (nSPS) is 11.6. The zero-order valence-electron chi connectivity index (χ0n) is 16.9. The third-order valence-electron chi connectivity index (χ3n) is 4.60. The van der Waals surface area contributed by atoms with E-state index in [1.54, 1.807) is 0 Å². The lowest BCUT2D eigenvalue weighted by Crippen LogP contribution is -2.63. The van der Waals surface area contributed by atoms with Crippen molar-refractivity contribution in [2.75, 3.05) is 26.4 Å². The first-order valence-electron chi connectivity index (χ1n) is 10.3. The van der Waals surface area contributed by atoms with Crippen molar-refractivity contribution < 1.29 is 13.6 Å². The molecule has 0 amide bonds. The van der Waals surface area contributed by atoms with Crippen molar-refractivity contribution in [3.8, 4) is 0 Å². The van der Waals surface area contributed by atoms with Gasteiger partial charge in [0.1, 0.15) is 0 Å². The van der Waals surface area contributed by atoms with E-state index < -0.39 is 8.56 Å². The van der Waals surface area contributed by atoms with Crippen LogP contribution < -0.4 is 10.4 Å². The maximum Gasteiger partial charge on any atom is 0.407 e. The Hall–Kier alpha value is -1.46. The van der Waals surface area contributed by atoms with Gasteiger partial charge in [-0.25, -0.2) is 0 Å². The summed E-state index contributed by atoms with van der Waals surface area (Å²) in [6.45, 7) is 6.81. The minimum Gasteiger partial charge on any atom is -0.388 e. The fourth-order valence-electron chi connectivity index (χ4n) is 3.17. The van der Waals surface area contributed by atoms with Crippen molar-refractivity contribution in [1.82, 2.24) is 0 Å². The highest BCUT2D eigenvalue weighted by atomic mass is 28.4. The van der Waals surface area contributed by atoms with Gasteiger partial charge in [0, 0.05) is 13.2 Å². The smallest absolute Gasteiger partial charge is 0.388 e. The Labute approximate surface area is 165 Å². The van der Waals surface area contributed by atoms with Crippen molar-refractivity contribution in [1.29, 1.82) is 0 Å². The van der Waals surface area contributed by atoms with Gasteiger partial charge in [0.25, 0.3) is 0 Å². The fourth-order valence-corrected chi connectivity index (χ4v) is 6.32. The van der Waals surface area contributed by atoms with Gasteiger partial charge >= 0.3 is 8.56 Å². The van der Waals surface area contributed by atoms with Crippen LogP contribution in [0.5, 0.6) is 0 Å². The molecule has 0 fully saturated rings.